The van der Waals surface area contributed by atoms with Crippen molar-refractivity contribution in [3.05, 3.63) is 60.2 Å². The largest absolute Gasteiger partial charge is 0.444 e. The number of hydrogen-bond acceptors (Lipinski definition) is 6. The molecule has 0 radical (unpaired) electrons. The van der Waals surface area contributed by atoms with E-state index in [2.05, 4.69) is 15.6 Å². The topological polar surface area (TPSA) is 86.1 Å². The molecule has 7 nitrogen and oxygen atoms in total. The Morgan fingerprint density at radius 3 is 2.52 bits per heavy atom. The summed E-state index contributed by atoms with van der Waals surface area (Å²) in [7, 11) is 0. The Hall–Kier alpha value is -2.87. The van der Waals surface area contributed by atoms with Gasteiger partial charge >= 0.3 is 6.09 Å². The Morgan fingerprint density at radius 2 is 1.79 bits per heavy atom. The molecule has 0 saturated heterocycles. The van der Waals surface area contributed by atoms with Gasteiger partial charge in [-0.3, -0.25) is 4.79 Å². The quantitative estimate of drug-likeness (QED) is 0.661. The lowest BCUT2D eigenvalue weighted by Gasteiger charge is -2.23. The third-order valence-electron chi connectivity index (χ3n) is 3.95. The fraction of sp³-hybridized carbons (Fsp3) is 0.333. The molecule has 0 aliphatic carbocycles. The molecule has 0 saturated carbocycles. The Labute approximate surface area is 173 Å². The number of rotatable bonds is 6. The summed E-state index contributed by atoms with van der Waals surface area (Å²) < 4.78 is 6.57. The van der Waals surface area contributed by atoms with Gasteiger partial charge in [-0.25, -0.2) is 4.79 Å². The Balaban J connectivity index is 1.75. The van der Waals surface area contributed by atoms with Crippen molar-refractivity contribution in [2.75, 3.05) is 5.75 Å². The van der Waals surface area contributed by atoms with E-state index in [-0.39, 0.29) is 5.91 Å². The van der Waals surface area contributed by atoms with E-state index in [0.29, 0.717) is 16.8 Å². The van der Waals surface area contributed by atoms with E-state index >= 15 is 0 Å². The van der Waals surface area contributed by atoms with E-state index in [9.17, 15) is 9.59 Å². The van der Waals surface area contributed by atoms with Gasteiger partial charge in [-0.1, -0.05) is 47.7 Å². The third kappa shape index (κ3) is 5.80. The van der Waals surface area contributed by atoms with E-state index in [1.165, 1.54) is 4.68 Å². The first-order valence-corrected chi connectivity index (χ1v) is 10.4. The molecular formula is C21H24N4O3S. The Bertz CT molecular complexity index is 982. The summed E-state index contributed by atoms with van der Waals surface area (Å²) in [6.07, 6.45) is -0.638. The molecule has 0 unspecified atom stereocenters. The Kier molecular flexibility index (Phi) is 6.53. The first-order chi connectivity index (χ1) is 13.8. The highest BCUT2D eigenvalue weighted by Crippen LogP contribution is 2.16. The third-order valence-corrected chi connectivity index (χ3v) is 5.05. The smallest absolute Gasteiger partial charge is 0.408 e. The molecule has 8 heteroatoms. The van der Waals surface area contributed by atoms with Crippen molar-refractivity contribution < 1.29 is 14.3 Å². The van der Waals surface area contributed by atoms with Crippen LogP contribution in [0.5, 0.6) is 0 Å². The zero-order chi connectivity index (χ0) is 20.9. The van der Waals surface area contributed by atoms with Gasteiger partial charge in [0.25, 0.3) is 5.91 Å². The molecule has 0 spiro atoms. The number of nitrogens with one attached hydrogen (secondary N) is 1. The molecule has 3 rings (SSSR count). The first-order valence-electron chi connectivity index (χ1n) is 9.29. The number of benzene rings is 2. The van der Waals surface area contributed by atoms with Crippen LogP contribution < -0.4 is 5.32 Å². The number of para-hydroxylation sites is 1. The molecule has 0 fully saturated rings. The lowest BCUT2D eigenvalue weighted by Crippen LogP contribution is -2.47. The van der Waals surface area contributed by atoms with Crippen molar-refractivity contribution >= 4 is 34.8 Å². The van der Waals surface area contributed by atoms with Crippen LogP contribution in [0.2, 0.25) is 0 Å². The molecule has 3 aromatic rings. The van der Waals surface area contributed by atoms with Crippen LogP contribution in [0, 0.1) is 0 Å². The number of thioether (sulfide) groups is 1. The molecule has 2 aromatic carbocycles. The van der Waals surface area contributed by atoms with Crippen LogP contribution in [0.15, 0.2) is 54.6 Å². The summed E-state index contributed by atoms with van der Waals surface area (Å²) in [6, 6.07) is 16.4. The van der Waals surface area contributed by atoms with Crippen molar-refractivity contribution in [1.82, 2.24) is 20.3 Å². The van der Waals surface area contributed by atoms with Gasteiger partial charge in [0.15, 0.2) is 0 Å². The first kappa shape index (κ1) is 20.9. The van der Waals surface area contributed by atoms with E-state index in [0.717, 1.165) is 11.3 Å². The Morgan fingerprint density at radius 1 is 1.10 bits per heavy atom. The van der Waals surface area contributed by atoms with Gasteiger partial charge in [0.2, 0.25) is 0 Å². The zero-order valence-electron chi connectivity index (χ0n) is 16.7. The molecule has 0 aliphatic rings. The second-order valence-corrected chi connectivity index (χ2v) is 8.56. The van der Waals surface area contributed by atoms with E-state index in [1.54, 1.807) is 44.7 Å². The highest BCUT2D eigenvalue weighted by atomic mass is 32.2. The minimum absolute atomic E-state index is 0.356. The average Bonchev–Trinajstić information content (AvgIpc) is 3.10. The number of ether oxygens (including phenoxy) is 1. The number of nitrogens with zero attached hydrogens (tertiary/aromatic N) is 3. The fourth-order valence-corrected chi connectivity index (χ4v) is 3.68. The van der Waals surface area contributed by atoms with Gasteiger partial charge in [-0.05, 0) is 38.5 Å². The molecule has 0 aliphatic heterocycles. The second-order valence-electron chi connectivity index (χ2n) is 7.53. The van der Waals surface area contributed by atoms with Gasteiger partial charge in [-0.15, -0.1) is 5.10 Å². The number of alkyl carbamates (subject to hydrolysis) is 1. The normalized spacial score (nSPS) is 12.5. The predicted octanol–water partition coefficient (Wildman–Crippen LogP) is 3.90. The van der Waals surface area contributed by atoms with E-state index < -0.39 is 17.7 Å². The number of hydrogen-bond donors (Lipinski definition) is 1. The van der Waals surface area contributed by atoms with Crippen LogP contribution in [0.4, 0.5) is 4.79 Å². The van der Waals surface area contributed by atoms with Gasteiger partial charge in [0.05, 0.1) is 5.52 Å². The maximum atomic E-state index is 13.1. The second kappa shape index (κ2) is 9.09. The highest BCUT2D eigenvalue weighted by molar-refractivity contribution is 7.98. The van der Waals surface area contributed by atoms with Crippen LogP contribution in [-0.4, -0.2) is 44.4 Å². The lowest BCUT2D eigenvalue weighted by atomic mass is 10.2. The molecule has 0 bridgehead atoms. The average molecular weight is 413 g/mol. The van der Waals surface area contributed by atoms with Gasteiger partial charge in [0, 0.05) is 11.5 Å². The van der Waals surface area contributed by atoms with Crippen molar-refractivity contribution in [3.63, 3.8) is 0 Å². The molecule has 29 heavy (non-hydrogen) atoms. The highest BCUT2D eigenvalue weighted by Gasteiger charge is 2.27. The molecule has 1 N–H and O–H groups in total. The molecular weight excluding hydrogens is 388 g/mol. The summed E-state index contributed by atoms with van der Waals surface area (Å²) in [4.78, 5) is 25.4. The van der Waals surface area contributed by atoms with Crippen LogP contribution in [-0.2, 0) is 10.5 Å². The number of fused-ring (bicyclic) bond motifs is 1. The zero-order valence-corrected chi connectivity index (χ0v) is 17.5. The van der Waals surface area contributed by atoms with Crippen LogP contribution in [0.1, 0.15) is 31.1 Å². The predicted molar refractivity (Wildman–Crippen MR) is 114 cm³/mol. The van der Waals surface area contributed by atoms with Crippen LogP contribution in [0.25, 0.3) is 11.0 Å². The molecule has 1 amide bonds. The van der Waals surface area contributed by atoms with Gasteiger partial charge < -0.3 is 10.1 Å². The number of aromatic nitrogens is 3. The maximum absolute atomic E-state index is 13.1. The maximum Gasteiger partial charge on any atom is 0.408 e. The van der Waals surface area contributed by atoms with Crippen molar-refractivity contribution in [3.8, 4) is 0 Å². The van der Waals surface area contributed by atoms with E-state index in [1.807, 2.05) is 42.5 Å². The summed E-state index contributed by atoms with van der Waals surface area (Å²) in [6.45, 7) is 5.33. The summed E-state index contributed by atoms with van der Waals surface area (Å²) in [5.41, 5.74) is 1.71. The summed E-state index contributed by atoms with van der Waals surface area (Å²) >= 11 is 1.55. The van der Waals surface area contributed by atoms with Crippen molar-refractivity contribution in [2.24, 2.45) is 0 Å². The summed E-state index contributed by atoms with van der Waals surface area (Å²) in [5, 5.41) is 10.7. The molecule has 152 valence electrons. The van der Waals surface area contributed by atoms with Crippen LogP contribution in [0.3, 0.4) is 0 Å². The molecule has 1 heterocycles. The molecule has 1 atom stereocenters. The minimum atomic E-state index is -0.802. The monoisotopic (exact) mass is 412 g/mol. The number of amides is 1. The lowest BCUT2D eigenvalue weighted by molar-refractivity contribution is 0.0488. The molecule has 1 aromatic heterocycles. The van der Waals surface area contributed by atoms with Crippen molar-refractivity contribution in [2.45, 2.75) is 38.2 Å². The summed E-state index contributed by atoms with van der Waals surface area (Å²) in [5.74, 6) is 0.741. The van der Waals surface area contributed by atoms with E-state index in [4.69, 9.17) is 4.74 Å². The minimum Gasteiger partial charge on any atom is -0.444 e. The van der Waals surface area contributed by atoms with Gasteiger partial charge in [-0.2, -0.15) is 16.4 Å². The van der Waals surface area contributed by atoms with Crippen molar-refractivity contribution in [1.29, 1.82) is 0 Å². The standard InChI is InChI=1S/C21H24N4O3S/c1-21(2,3)28-20(27)22-17(14-29-13-15-9-5-4-6-10-15)19(26)25-18-12-8-7-11-16(18)23-24-25/h4-12,17H,13-14H2,1-3H3,(H,22,27)/t17-/m0/s1. The number of carbonyl (C=O) groups excluding carboxylic acids is 2. The fourth-order valence-electron chi connectivity index (χ4n) is 2.67. The SMILES string of the molecule is CC(C)(C)OC(=O)N[C@@H](CSCc1ccccc1)C(=O)n1nnc2ccccc21. The van der Waals surface area contributed by atoms with Crippen LogP contribution >= 0.6 is 11.8 Å². The number of carbonyl (C=O) groups is 2. The van der Waals surface area contributed by atoms with Gasteiger partial charge in [0.1, 0.15) is 17.2 Å².